The van der Waals surface area contributed by atoms with Crippen LogP contribution in [-0.2, 0) is 4.74 Å². The van der Waals surface area contributed by atoms with Gasteiger partial charge in [0.15, 0.2) is 5.78 Å². The van der Waals surface area contributed by atoms with Crippen molar-refractivity contribution in [3.05, 3.63) is 71.1 Å². The highest BCUT2D eigenvalue weighted by molar-refractivity contribution is 6.07. The van der Waals surface area contributed by atoms with Gasteiger partial charge < -0.3 is 14.6 Å². The van der Waals surface area contributed by atoms with E-state index < -0.39 is 12.0 Å². The predicted molar refractivity (Wildman–Crippen MR) is 108 cm³/mol. The Bertz CT molecular complexity index is 883. The Morgan fingerprint density at radius 2 is 1.86 bits per heavy atom. The molecule has 1 N–H and O–H groups in total. The average Bonchev–Trinajstić information content (AvgIpc) is 2.99. The molecule has 28 heavy (non-hydrogen) atoms. The maximum absolute atomic E-state index is 13.2. The molecular formula is C22H26N2O4. The van der Waals surface area contributed by atoms with Crippen LogP contribution in [0.2, 0.25) is 0 Å². The van der Waals surface area contributed by atoms with Crippen molar-refractivity contribution in [2.45, 2.75) is 33.7 Å². The van der Waals surface area contributed by atoms with Gasteiger partial charge in [0, 0.05) is 23.4 Å². The first-order valence-electron chi connectivity index (χ1n) is 9.20. The summed E-state index contributed by atoms with van der Waals surface area (Å²) in [5, 5.41) is 0. The number of aromatic amines is 1. The monoisotopic (exact) mass is 382 g/mol. The molecule has 0 radical (unpaired) electrons. The zero-order chi connectivity index (χ0) is 20.8. The molecule has 0 spiro atoms. The lowest BCUT2D eigenvalue weighted by molar-refractivity contribution is 0.0519. The number of hydrogen-bond acceptors (Lipinski definition) is 4. The summed E-state index contributed by atoms with van der Waals surface area (Å²) in [5.41, 5.74) is 2.27. The van der Waals surface area contributed by atoms with Gasteiger partial charge in [-0.1, -0.05) is 24.3 Å². The average molecular weight is 382 g/mol. The standard InChI is InChI=1S/C22H26N2O4/c1-6-13-24(21(26)17-11-9-8-10-12-17)16(5)20(25)18-14(3)19(23-15(18)4)22(27)28-7-2/h6,8-12,16,23H,1,7,13H2,2-5H3. The molecule has 0 aliphatic heterocycles. The molecule has 0 saturated carbocycles. The zero-order valence-electron chi connectivity index (χ0n) is 16.7. The van der Waals surface area contributed by atoms with Gasteiger partial charge in [-0.2, -0.15) is 0 Å². The summed E-state index contributed by atoms with van der Waals surface area (Å²) < 4.78 is 5.04. The van der Waals surface area contributed by atoms with Crippen LogP contribution in [-0.4, -0.2) is 46.7 Å². The van der Waals surface area contributed by atoms with Gasteiger partial charge in [0.25, 0.3) is 5.91 Å². The Labute approximate surface area is 165 Å². The Kier molecular flexibility index (Phi) is 6.93. The highest BCUT2D eigenvalue weighted by atomic mass is 16.5. The van der Waals surface area contributed by atoms with E-state index in [1.165, 1.54) is 4.90 Å². The third-order valence-electron chi connectivity index (χ3n) is 4.62. The van der Waals surface area contributed by atoms with Crippen molar-refractivity contribution in [1.29, 1.82) is 0 Å². The number of ether oxygens (including phenoxy) is 1. The molecule has 1 aromatic carbocycles. The van der Waals surface area contributed by atoms with Gasteiger partial charge >= 0.3 is 5.97 Å². The number of amides is 1. The fourth-order valence-corrected chi connectivity index (χ4v) is 3.18. The normalized spacial score (nSPS) is 11.6. The van der Waals surface area contributed by atoms with E-state index in [1.807, 2.05) is 6.07 Å². The fourth-order valence-electron chi connectivity index (χ4n) is 3.18. The van der Waals surface area contributed by atoms with Gasteiger partial charge in [0.2, 0.25) is 0 Å². The number of aryl methyl sites for hydroxylation is 1. The van der Waals surface area contributed by atoms with Crippen molar-refractivity contribution in [2.24, 2.45) is 0 Å². The molecule has 0 fully saturated rings. The molecule has 0 saturated heterocycles. The van der Waals surface area contributed by atoms with Crippen LogP contribution in [0, 0.1) is 13.8 Å². The molecule has 6 heteroatoms. The quantitative estimate of drug-likeness (QED) is 0.429. The summed E-state index contributed by atoms with van der Waals surface area (Å²) in [6.07, 6.45) is 1.59. The number of H-pyrrole nitrogens is 1. The van der Waals surface area contributed by atoms with Crippen molar-refractivity contribution < 1.29 is 19.1 Å². The fraction of sp³-hybridized carbons (Fsp3) is 0.318. The second kappa shape index (κ2) is 9.17. The van der Waals surface area contributed by atoms with Crippen LogP contribution in [0.5, 0.6) is 0 Å². The summed E-state index contributed by atoms with van der Waals surface area (Å²) in [6.45, 7) is 11.0. The van der Waals surface area contributed by atoms with Crippen molar-refractivity contribution in [1.82, 2.24) is 9.88 Å². The van der Waals surface area contributed by atoms with Gasteiger partial charge in [-0.15, -0.1) is 6.58 Å². The number of benzene rings is 1. The minimum atomic E-state index is -0.728. The minimum absolute atomic E-state index is 0.230. The van der Waals surface area contributed by atoms with E-state index >= 15 is 0 Å². The van der Waals surface area contributed by atoms with Crippen molar-refractivity contribution >= 4 is 17.7 Å². The molecule has 0 aliphatic rings. The Hall–Kier alpha value is -3.15. The number of hydrogen-bond donors (Lipinski definition) is 1. The number of Topliss-reactive ketones (excluding diaryl/α,β-unsaturated/α-hetero) is 1. The van der Waals surface area contributed by atoms with Crippen molar-refractivity contribution in [2.75, 3.05) is 13.2 Å². The van der Waals surface area contributed by atoms with Crippen LogP contribution in [0.1, 0.15) is 56.3 Å². The lowest BCUT2D eigenvalue weighted by Crippen LogP contribution is -2.43. The molecule has 1 amide bonds. The van der Waals surface area contributed by atoms with E-state index in [1.54, 1.807) is 58.0 Å². The third-order valence-corrected chi connectivity index (χ3v) is 4.62. The van der Waals surface area contributed by atoms with E-state index in [0.29, 0.717) is 22.4 Å². The molecule has 148 valence electrons. The highest BCUT2D eigenvalue weighted by Gasteiger charge is 2.31. The smallest absolute Gasteiger partial charge is 0.355 e. The van der Waals surface area contributed by atoms with Crippen molar-refractivity contribution in [3.8, 4) is 0 Å². The zero-order valence-corrected chi connectivity index (χ0v) is 16.7. The number of rotatable bonds is 8. The van der Waals surface area contributed by atoms with E-state index in [2.05, 4.69) is 11.6 Å². The Morgan fingerprint density at radius 3 is 2.43 bits per heavy atom. The Morgan fingerprint density at radius 1 is 1.21 bits per heavy atom. The maximum atomic E-state index is 13.2. The Balaban J connectivity index is 2.37. The second-order valence-corrected chi connectivity index (χ2v) is 6.50. The molecule has 1 aromatic heterocycles. The molecule has 6 nitrogen and oxygen atoms in total. The second-order valence-electron chi connectivity index (χ2n) is 6.50. The largest absolute Gasteiger partial charge is 0.461 e. The van der Waals surface area contributed by atoms with Gasteiger partial charge in [0.05, 0.1) is 12.6 Å². The lowest BCUT2D eigenvalue weighted by atomic mass is 9.99. The molecule has 0 aliphatic carbocycles. The van der Waals surface area contributed by atoms with Crippen LogP contribution in [0.4, 0.5) is 0 Å². The first-order chi connectivity index (χ1) is 13.3. The molecule has 2 aromatic rings. The molecule has 2 rings (SSSR count). The SMILES string of the molecule is C=CCN(C(=O)c1ccccc1)C(C)C(=O)c1c(C)[nH]c(C(=O)OCC)c1C. The van der Waals surface area contributed by atoms with Gasteiger partial charge in [-0.3, -0.25) is 9.59 Å². The van der Waals surface area contributed by atoms with Crippen LogP contribution in [0.25, 0.3) is 0 Å². The van der Waals surface area contributed by atoms with Crippen LogP contribution < -0.4 is 0 Å². The molecule has 1 heterocycles. The summed E-state index contributed by atoms with van der Waals surface area (Å²) in [6, 6.07) is 8.07. The van der Waals surface area contributed by atoms with Gasteiger partial charge in [-0.25, -0.2) is 4.79 Å². The van der Waals surface area contributed by atoms with E-state index in [4.69, 9.17) is 4.74 Å². The number of carbonyl (C=O) groups excluding carboxylic acids is 3. The van der Waals surface area contributed by atoms with Crippen LogP contribution in [0.3, 0.4) is 0 Å². The third kappa shape index (κ3) is 4.22. The van der Waals surface area contributed by atoms with Crippen LogP contribution in [0.15, 0.2) is 43.0 Å². The number of ketones is 1. The molecule has 1 unspecified atom stereocenters. The first kappa shape index (κ1) is 21.2. The highest BCUT2D eigenvalue weighted by Crippen LogP contribution is 2.23. The van der Waals surface area contributed by atoms with E-state index in [-0.39, 0.29) is 30.5 Å². The van der Waals surface area contributed by atoms with Crippen molar-refractivity contribution in [3.63, 3.8) is 0 Å². The van der Waals surface area contributed by atoms with Gasteiger partial charge in [0.1, 0.15) is 5.69 Å². The minimum Gasteiger partial charge on any atom is -0.461 e. The summed E-state index contributed by atoms with van der Waals surface area (Å²) in [7, 11) is 0. The topological polar surface area (TPSA) is 79.5 Å². The molecule has 1 atom stereocenters. The lowest BCUT2D eigenvalue weighted by Gasteiger charge is -2.27. The number of nitrogens with zero attached hydrogens (tertiary/aromatic N) is 1. The number of aromatic nitrogens is 1. The summed E-state index contributed by atoms with van der Waals surface area (Å²) in [4.78, 5) is 42.7. The molecule has 0 bridgehead atoms. The number of esters is 1. The number of nitrogens with one attached hydrogen (secondary N) is 1. The first-order valence-corrected chi connectivity index (χ1v) is 9.20. The summed E-state index contributed by atoms with van der Waals surface area (Å²) in [5.74, 6) is -0.996. The summed E-state index contributed by atoms with van der Waals surface area (Å²) >= 11 is 0. The van der Waals surface area contributed by atoms with E-state index in [0.717, 1.165) is 0 Å². The molecular weight excluding hydrogens is 356 g/mol. The van der Waals surface area contributed by atoms with Crippen LogP contribution >= 0.6 is 0 Å². The van der Waals surface area contributed by atoms with E-state index in [9.17, 15) is 14.4 Å². The maximum Gasteiger partial charge on any atom is 0.355 e. The van der Waals surface area contributed by atoms with Gasteiger partial charge in [-0.05, 0) is 45.4 Å². The number of carbonyl (C=O) groups is 3. The predicted octanol–water partition coefficient (Wildman–Crippen LogP) is 3.71.